The first-order valence-electron chi connectivity index (χ1n) is 4.58. The maximum absolute atomic E-state index is 5.35. The fourth-order valence-corrected chi connectivity index (χ4v) is 1.99. The summed E-state index contributed by atoms with van der Waals surface area (Å²) in [7, 11) is 0. The molecule has 0 saturated carbocycles. The van der Waals surface area contributed by atoms with Crippen LogP contribution in [-0.4, -0.2) is 19.6 Å². The fourth-order valence-electron chi connectivity index (χ4n) is 1.57. The molecule has 0 aromatic carbocycles. The van der Waals surface area contributed by atoms with Crippen LogP contribution in [0, 0.1) is 18.5 Å². The molecule has 0 atom stereocenters. The van der Waals surface area contributed by atoms with Crippen LogP contribution in [0.5, 0.6) is 0 Å². The van der Waals surface area contributed by atoms with Gasteiger partial charge >= 0.3 is 0 Å². The Morgan fingerprint density at radius 3 is 2.71 bits per heavy atom. The Morgan fingerprint density at radius 2 is 2.07 bits per heavy atom. The van der Waals surface area contributed by atoms with Gasteiger partial charge in [0, 0.05) is 11.3 Å². The smallest absolute Gasteiger partial charge is 0.252 e. The van der Waals surface area contributed by atoms with Gasteiger partial charge in [-0.15, -0.1) is 0 Å². The number of nitrogens with zero attached hydrogens (tertiary/aromatic N) is 3. The van der Waals surface area contributed by atoms with Crippen molar-refractivity contribution in [2.24, 2.45) is 0 Å². The number of aromatic amines is 1. The molecule has 0 bridgehead atoms. The van der Waals surface area contributed by atoms with Crippen LogP contribution in [0.4, 0.5) is 0 Å². The molecule has 14 heavy (non-hydrogen) atoms. The summed E-state index contributed by atoms with van der Waals surface area (Å²) in [6.07, 6.45) is 0.901. The Bertz CT molecular complexity index is 537. The van der Waals surface area contributed by atoms with Gasteiger partial charge < -0.3 is 0 Å². The highest BCUT2D eigenvalue weighted by Gasteiger charge is 2.07. The summed E-state index contributed by atoms with van der Waals surface area (Å²) < 4.78 is 2.55. The lowest BCUT2D eigenvalue weighted by Gasteiger charge is -2.02. The van der Waals surface area contributed by atoms with E-state index in [0.29, 0.717) is 5.78 Å². The molecule has 2 rings (SSSR count). The molecule has 4 nitrogen and oxygen atoms in total. The third-order valence-electron chi connectivity index (χ3n) is 2.26. The highest BCUT2D eigenvalue weighted by Crippen LogP contribution is 2.10. The van der Waals surface area contributed by atoms with Crippen molar-refractivity contribution in [3.8, 4) is 0 Å². The van der Waals surface area contributed by atoms with Gasteiger partial charge in [-0.2, -0.15) is 4.98 Å². The van der Waals surface area contributed by atoms with E-state index in [0.717, 1.165) is 28.1 Å². The van der Waals surface area contributed by atoms with Crippen molar-refractivity contribution >= 4 is 18.0 Å². The summed E-state index contributed by atoms with van der Waals surface area (Å²) in [5.41, 5.74) is 2.09. The molecule has 0 amide bonds. The van der Waals surface area contributed by atoms with Crippen LogP contribution < -0.4 is 0 Å². The van der Waals surface area contributed by atoms with Gasteiger partial charge in [0.15, 0.2) is 0 Å². The molecular formula is C9H12N4S. The lowest BCUT2D eigenvalue weighted by atomic mass is 10.2. The van der Waals surface area contributed by atoms with Crippen LogP contribution in [0.15, 0.2) is 0 Å². The minimum atomic E-state index is 0.655. The molecule has 0 aliphatic rings. The molecule has 0 saturated heterocycles. The first-order chi connectivity index (χ1) is 6.63. The van der Waals surface area contributed by atoms with E-state index < -0.39 is 0 Å². The maximum atomic E-state index is 5.35. The first-order valence-corrected chi connectivity index (χ1v) is 4.99. The van der Waals surface area contributed by atoms with Gasteiger partial charge in [0.05, 0.1) is 0 Å². The number of hydrogen-bond acceptors (Lipinski definition) is 3. The number of aromatic nitrogens is 4. The molecule has 5 heteroatoms. The van der Waals surface area contributed by atoms with Gasteiger partial charge in [-0.25, -0.2) is 9.50 Å². The van der Waals surface area contributed by atoms with Crippen molar-refractivity contribution in [2.45, 2.75) is 27.2 Å². The lowest BCUT2D eigenvalue weighted by Crippen LogP contribution is -2.01. The van der Waals surface area contributed by atoms with Crippen LogP contribution in [0.25, 0.3) is 5.78 Å². The molecule has 0 fully saturated rings. The molecule has 0 unspecified atom stereocenters. The number of H-pyrrole nitrogens is 1. The maximum Gasteiger partial charge on any atom is 0.252 e. The number of rotatable bonds is 1. The van der Waals surface area contributed by atoms with E-state index in [9.17, 15) is 0 Å². The molecule has 2 aromatic rings. The highest BCUT2D eigenvalue weighted by molar-refractivity contribution is 7.71. The van der Waals surface area contributed by atoms with Gasteiger partial charge in [0.25, 0.3) is 5.78 Å². The second-order valence-corrected chi connectivity index (χ2v) is 3.67. The van der Waals surface area contributed by atoms with Crippen molar-refractivity contribution in [2.75, 3.05) is 0 Å². The monoisotopic (exact) mass is 208 g/mol. The van der Waals surface area contributed by atoms with E-state index in [1.807, 2.05) is 13.8 Å². The summed E-state index contributed by atoms with van der Waals surface area (Å²) in [6, 6.07) is 0. The van der Waals surface area contributed by atoms with E-state index in [1.165, 1.54) is 0 Å². The van der Waals surface area contributed by atoms with Crippen molar-refractivity contribution in [1.82, 2.24) is 19.6 Å². The van der Waals surface area contributed by atoms with Gasteiger partial charge in [-0.05, 0) is 20.3 Å². The van der Waals surface area contributed by atoms with E-state index in [-0.39, 0.29) is 0 Å². The quantitative estimate of drug-likeness (QED) is 0.729. The molecule has 0 radical (unpaired) electrons. The van der Waals surface area contributed by atoms with Gasteiger partial charge in [-0.3, -0.25) is 5.10 Å². The zero-order valence-corrected chi connectivity index (χ0v) is 9.27. The van der Waals surface area contributed by atoms with E-state index in [1.54, 1.807) is 4.52 Å². The standard InChI is InChI=1S/C9H12N4S/c1-4-7-5(2)10-9-11-6(3)12-13(9)8(7)14/h4H2,1-3H3,(H,10,11,12). The number of aryl methyl sites for hydroxylation is 2. The Kier molecular flexibility index (Phi) is 2.11. The highest BCUT2D eigenvalue weighted by atomic mass is 32.1. The van der Waals surface area contributed by atoms with Crippen molar-refractivity contribution < 1.29 is 0 Å². The first kappa shape index (κ1) is 9.33. The zero-order chi connectivity index (χ0) is 10.3. The summed E-state index contributed by atoms with van der Waals surface area (Å²) in [5.74, 6) is 1.48. The summed E-state index contributed by atoms with van der Waals surface area (Å²) in [6.45, 7) is 5.94. The van der Waals surface area contributed by atoms with Crippen LogP contribution in [0.1, 0.15) is 24.0 Å². The van der Waals surface area contributed by atoms with Crippen LogP contribution >= 0.6 is 12.2 Å². The van der Waals surface area contributed by atoms with Crippen LogP contribution in [-0.2, 0) is 6.42 Å². The second kappa shape index (κ2) is 3.16. The molecule has 1 N–H and O–H groups in total. The zero-order valence-electron chi connectivity index (χ0n) is 8.46. The third kappa shape index (κ3) is 1.24. The molecule has 2 aromatic heterocycles. The van der Waals surface area contributed by atoms with Crippen LogP contribution in [0.2, 0.25) is 0 Å². The molecule has 2 heterocycles. The third-order valence-corrected chi connectivity index (χ3v) is 2.69. The predicted octanol–water partition coefficient (Wildman–Crippen LogP) is 1.97. The van der Waals surface area contributed by atoms with E-state index >= 15 is 0 Å². The minimum Gasteiger partial charge on any atom is -0.277 e. The van der Waals surface area contributed by atoms with Gasteiger partial charge in [0.1, 0.15) is 10.5 Å². The lowest BCUT2D eigenvalue weighted by molar-refractivity contribution is 0.866. The predicted molar refractivity (Wildman–Crippen MR) is 57.0 cm³/mol. The average Bonchev–Trinajstić information content (AvgIpc) is 2.47. The SMILES string of the molecule is CCc1c(C)nc2nc(C)[nH]n2c1=S. The Hall–Kier alpha value is -1.23. The minimum absolute atomic E-state index is 0.655. The number of hydrogen-bond donors (Lipinski definition) is 1. The molecule has 0 aliphatic carbocycles. The normalized spacial score (nSPS) is 11.1. The molecular weight excluding hydrogens is 196 g/mol. The van der Waals surface area contributed by atoms with Crippen molar-refractivity contribution in [1.29, 1.82) is 0 Å². The average molecular weight is 208 g/mol. The van der Waals surface area contributed by atoms with Crippen LogP contribution in [0.3, 0.4) is 0 Å². The second-order valence-electron chi connectivity index (χ2n) is 3.28. The summed E-state index contributed by atoms with van der Waals surface area (Å²) in [4.78, 5) is 8.62. The Morgan fingerprint density at radius 1 is 1.36 bits per heavy atom. The van der Waals surface area contributed by atoms with Crippen molar-refractivity contribution in [3.05, 3.63) is 21.7 Å². The molecule has 74 valence electrons. The number of fused-ring (bicyclic) bond motifs is 1. The summed E-state index contributed by atoms with van der Waals surface area (Å²) >= 11 is 5.35. The Labute approximate surface area is 87.0 Å². The van der Waals surface area contributed by atoms with Gasteiger partial charge in [-0.1, -0.05) is 19.1 Å². The molecule has 0 spiro atoms. The van der Waals surface area contributed by atoms with E-state index in [4.69, 9.17) is 12.2 Å². The largest absolute Gasteiger partial charge is 0.277 e. The van der Waals surface area contributed by atoms with E-state index in [2.05, 4.69) is 22.0 Å². The van der Waals surface area contributed by atoms with Crippen molar-refractivity contribution in [3.63, 3.8) is 0 Å². The topological polar surface area (TPSA) is 46.0 Å². The summed E-state index contributed by atoms with van der Waals surface area (Å²) in [5, 5.41) is 3.07. The van der Waals surface area contributed by atoms with Gasteiger partial charge in [0.2, 0.25) is 0 Å². The number of nitrogens with one attached hydrogen (secondary N) is 1. The Balaban J connectivity index is 2.92. The fraction of sp³-hybridized carbons (Fsp3) is 0.444. The molecule has 0 aliphatic heterocycles.